The number of methoxy groups -OCH3 is 1. The summed E-state index contributed by atoms with van der Waals surface area (Å²) in [5.41, 5.74) is 5.70. The van der Waals surface area contributed by atoms with E-state index in [0.29, 0.717) is 37.5 Å². The Hall–Kier alpha value is -4.31. The van der Waals surface area contributed by atoms with E-state index in [4.69, 9.17) is 31.4 Å². The quantitative estimate of drug-likeness (QED) is 0.260. The van der Waals surface area contributed by atoms with Gasteiger partial charge in [-0.1, -0.05) is 12.0 Å². The maximum Gasteiger partial charge on any atom is 0.319 e. The number of hydrogen-bond donors (Lipinski definition) is 3. The normalized spacial score (nSPS) is 23.2. The highest BCUT2D eigenvalue weighted by Gasteiger charge is 2.54. The molecule has 7 rings (SSSR count). The topological polar surface area (TPSA) is 128 Å². The molecule has 0 bridgehead atoms. The molecule has 2 saturated heterocycles. The summed E-state index contributed by atoms with van der Waals surface area (Å²) >= 11 is 0. The first-order valence-electron chi connectivity index (χ1n) is 15.6. The third-order valence-corrected chi connectivity index (χ3v) is 9.80. The number of ether oxygens (including phenoxy) is 3. The standard InChI is InChI=1S/C34H36F2N6O4/c1-3-22-24(35)8-7-20-17-21(43)18-23(25(20)22)28-27(36)29-26(31(39-28)44-2)30(42-13-6-15-45-16-14-42)41-32(40-29)46-19-33-9-4-11-34(33,37)38-12-5-10-33/h1,7-8,17-18,38,43H,4-6,9-16,19,37H2,2H3/t33-,34-/m1/s1. The number of nitrogens with one attached hydrogen (secondary N) is 1. The number of piperidine rings is 1. The summed E-state index contributed by atoms with van der Waals surface area (Å²) in [5.74, 6) is 1.19. The van der Waals surface area contributed by atoms with Crippen molar-refractivity contribution in [3.63, 3.8) is 0 Å². The lowest BCUT2D eigenvalue weighted by molar-refractivity contribution is 0.0205. The Morgan fingerprint density at radius 2 is 1.93 bits per heavy atom. The van der Waals surface area contributed by atoms with Crippen LogP contribution in [0, 0.1) is 29.4 Å². The fourth-order valence-electron chi connectivity index (χ4n) is 7.47. The molecule has 10 nitrogen and oxygen atoms in total. The molecule has 0 amide bonds. The van der Waals surface area contributed by atoms with Gasteiger partial charge in [0.05, 0.1) is 24.9 Å². The Labute approximate surface area is 265 Å². The smallest absolute Gasteiger partial charge is 0.319 e. The van der Waals surface area contributed by atoms with Gasteiger partial charge in [0.15, 0.2) is 5.82 Å². The molecule has 46 heavy (non-hydrogen) atoms. The Morgan fingerprint density at radius 1 is 1.09 bits per heavy atom. The Kier molecular flexibility index (Phi) is 7.79. The van der Waals surface area contributed by atoms with Crippen molar-refractivity contribution in [3.05, 3.63) is 41.5 Å². The first kappa shape index (κ1) is 30.3. The van der Waals surface area contributed by atoms with Crippen LogP contribution in [0.1, 0.15) is 44.1 Å². The number of hydrogen-bond acceptors (Lipinski definition) is 10. The largest absolute Gasteiger partial charge is 0.508 e. The van der Waals surface area contributed by atoms with Gasteiger partial charge in [0.2, 0.25) is 5.88 Å². The van der Waals surface area contributed by atoms with E-state index in [2.05, 4.69) is 21.2 Å². The zero-order chi connectivity index (χ0) is 32.1. The summed E-state index contributed by atoms with van der Waals surface area (Å²) < 4.78 is 49.7. The number of halogens is 2. The van der Waals surface area contributed by atoms with Crippen LogP contribution < -0.4 is 25.4 Å². The predicted molar refractivity (Wildman–Crippen MR) is 170 cm³/mol. The van der Waals surface area contributed by atoms with Crippen molar-refractivity contribution in [2.24, 2.45) is 11.1 Å². The van der Waals surface area contributed by atoms with Crippen LogP contribution in [0.25, 0.3) is 32.9 Å². The number of phenols is 1. The van der Waals surface area contributed by atoms with Gasteiger partial charge in [-0.25, -0.2) is 13.8 Å². The second-order valence-electron chi connectivity index (χ2n) is 12.4. The van der Waals surface area contributed by atoms with E-state index >= 15 is 4.39 Å². The van der Waals surface area contributed by atoms with Crippen molar-refractivity contribution in [3.8, 4) is 41.2 Å². The number of benzene rings is 2. The lowest BCUT2D eigenvalue weighted by Gasteiger charge is -2.47. The van der Waals surface area contributed by atoms with Crippen molar-refractivity contribution in [2.45, 2.75) is 44.2 Å². The Morgan fingerprint density at radius 3 is 2.76 bits per heavy atom. The number of aromatic nitrogens is 3. The number of fused-ring (bicyclic) bond motifs is 3. The molecular formula is C34H36F2N6O4. The number of pyridine rings is 1. The highest BCUT2D eigenvalue weighted by molar-refractivity contribution is 6.04. The number of nitrogens with two attached hydrogens (primary N) is 1. The van der Waals surface area contributed by atoms with Gasteiger partial charge in [0.1, 0.15) is 40.6 Å². The maximum absolute atomic E-state index is 17.0. The van der Waals surface area contributed by atoms with E-state index in [1.165, 1.54) is 31.4 Å². The molecule has 2 aromatic heterocycles. The molecule has 240 valence electrons. The zero-order valence-electron chi connectivity index (χ0n) is 25.7. The average Bonchev–Trinajstić information content (AvgIpc) is 3.19. The number of phenolic OH excluding ortho intramolecular Hbond substituents is 1. The lowest BCUT2D eigenvalue weighted by atomic mass is 9.72. The van der Waals surface area contributed by atoms with Crippen molar-refractivity contribution >= 4 is 27.5 Å². The van der Waals surface area contributed by atoms with E-state index < -0.39 is 17.3 Å². The number of terminal acetylenes is 1. The fraction of sp³-hybridized carbons (Fsp3) is 0.441. The Balaban J connectivity index is 1.43. The number of nitrogens with zero attached hydrogens (tertiary/aromatic N) is 4. The van der Waals surface area contributed by atoms with Gasteiger partial charge in [0.25, 0.3) is 0 Å². The zero-order valence-corrected chi connectivity index (χ0v) is 25.7. The summed E-state index contributed by atoms with van der Waals surface area (Å²) in [5, 5.41) is 15.0. The molecule has 2 aliphatic heterocycles. The first-order chi connectivity index (χ1) is 22.3. The monoisotopic (exact) mass is 630 g/mol. The molecule has 2 atom stereocenters. The van der Waals surface area contributed by atoms with Gasteiger partial charge in [0, 0.05) is 36.1 Å². The fourth-order valence-corrected chi connectivity index (χ4v) is 7.47. The van der Waals surface area contributed by atoms with Crippen LogP contribution in [0.5, 0.6) is 17.6 Å². The molecule has 12 heteroatoms. The van der Waals surface area contributed by atoms with Gasteiger partial charge in [-0.2, -0.15) is 9.97 Å². The molecule has 0 radical (unpaired) electrons. The third-order valence-electron chi connectivity index (χ3n) is 9.80. The number of rotatable bonds is 6. The molecule has 1 aliphatic carbocycles. The van der Waals surface area contributed by atoms with E-state index in [9.17, 15) is 9.50 Å². The van der Waals surface area contributed by atoms with Crippen LogP contribution in [0.15, 0.2) is 24.3 Å². The van der Waals surface area contributed by atoms with E-state index in [0.717, 1.165) is 45.1 Å². The first-order valence-corrected chi connectivity index (χ1v) is 15.6. The molecule has 3 aliphatic rings. The second kappa shape index (κ2) is 11.8. The van der Waals surface area contributed by atoms with E-state index in [1.807, 2.05) is 4.90 Å². The highest BCUT2D eigenvalue weighted by Crippen LogP contribution is 2.49. The van der Waals surface area contributed by atoms with Crippen LogP contribution in [0.2, 0.25) is 0 Å². The average molecular weight is 631 g/mol. The molecule has 4 aromatic rings. The van der Waals surface area contributed by atoms with Crippen molar-refractivity contribution < 1.29 is 28.1 Å². The number of anilines is 1. The summed E-state index contributed by atoms with van der Waals surface area (Å²) in [6.45, 7) is 3.26. The van der Waals surface area contributed by atoms with Crippen molar-refractivity contribution in [1.82, 2.24) is 20.3 Å². The van der Waals surface area contributed by atoms with Gasteiger partial charge in [-0.15, -0.1) is 6.42 Å². The minimum atomic E-state index is -0.818. The van der Waals surface area contributed by atoms with Crippen LogP contribution in [-0.2, 0) is 4.74 Å². The van der Waals surface area contributed by atoms with Gasteiger partial charge in [-0.05, 0) is 68.7 Å². The van der Waals surface area contributed by atoms with Crippen molar-refractivity contribution in [2.75, 3.05) is 51.5 Å². The Bertz CT molecular complexity index is 1880. The van der Waals surface area contributed by atoms with Crippen LogP contribution in [-0.4, -0.2) is 72.3 Å². The van der Waals surface area contributed by atoms with Gasteiger partial charge in [-0.3, -0.25) is 5.32 Å². The second-order valence-corrected chi connectivity index (χ2v) is 12.4. The van der Waals surface area contributed by atoms with Gasteiger partial charge >= 0.3 is 6.01 Å². The minimum Gasteiger partial charge on any atom is -0.508 e. The third kappa shape index (κ3) is 4.94. The predicted octanol–water partition coefficient (Wildman–Crippen LogP) is 4.63. The van der Waals surface area contributed by atoms with Crippen LogP contribution in [0.3, 0.4) is 0 Å². The van der Waals surface area contributed by atoms with Crippen LogP contribution in [0.4, 0.5) is 14.6 Å². The van der Waals surface area contributed by atoms with Crippen LogP contribution >= 0.6 is 0 Å². The minimum absolute atomic E-state index is 0.00362. The highest BCUT2D eigenvalue weighted by atomic mass is 19.1. The summed E-state index contributed by atoms with van der Waals surface area (Å²) in [6, 6.07) is 5.42. The van der Waals surface area contributed by atoms with E-state index in [1.54, 1.807) is 0 Å². The molecule has 1 saturated carbocycles. The summed E-state index contributed by atoms with van der Waals surface area (Å²) in [6.07, 6.45) is 11.0. The molecule has 0 unspecified atom stereocenters. The van der Waals surface area contributed by atoms with Crippen molar-refractivity contribution in [1.29, 1.82) is 0 Å². The molecule has 4 heterocycles. The summed E-state index contributed by atoms with van der Waals surface area (Å²) in [7, 11) is 1.42. The maximum atomic E-state index is 17.0. The molecular weight excluding hydrogens is 594 g/mol. The van der Waals surface area contributed by atoms with Gasteiger partial charge < -0.3 is 30.0 Å². The summed E-state index contributed by atoms with van der Waals surface area (Å²) in [4.78, 5) is 16.0. The number of aromatic hydroxyl groups is 1. The molecule has 2 aromatic carbocycles. The SMILES string of the molecule is C#Cc1c(F)ccc2cc(O)cc(-c3nc(OC)c4c(N5CCCOCC5)nc(OC[C@@]56CCCN[C@]5(N)CCC6)nc4c3F)c12. The van der Waals surface area contributed by atoms with E-state index in [-0.39, 0.29) is 62.8 Å². The lowest BCUT2D eigenvalue weighted by Crippen LogP contribution is -2.66. The molecule has 4 N–H and O–H groups in total. The molecule has 3 fully saturated rings. The molecule has 0 spiro atoms.